The quantitative estimate of drug-likeness (QED) is 0.851. The van der Waals surface area contributed by atoms with Crippen LogP contribution in [0, 0.1) is 11.7 Å². The summed E-state index contributed by atoms with van der Waals surface area (Å²) in [6, 6.07) is 4.82. The van der Waals surface area contributed by atoms with Crippen molar-refractivity contribution in [1.29, 1.82) is 0 Å². The van der Waals surface area contributed by atoms with E-state index in [9.17, 15) is 9.50 Å². The molecule has 0 heterocycles. The minimum absolute atomic E-state index is 0.276. The van der Waals surface area contributed by atoms with Crippen molar-refractivity contribution in [2.75, 3.05) is 18.5 Å². The topological polar surface area (TPSA) is 23.5 Å². The van der Waals surface area contributed by atoms with Crippen LogP contribution in [0.1, 0.15) is 32.4 Å². The third kappa shape index (κ3) is 2.95. The van der Waals surface area contributed by atoms with Crippen molar-refractivity contribution in [3.63, 3.8) is 0 Å². The van der Waals surface area contributed by atoms with E-state index in [1.165, 1.54) is 6.07 Å². The van der Waals surface area contributed by atoms with Gasteiger partial charge in [0.25, 0.3) is 0 Å². The number of benzene rings is 1. The van der Waals surface area contributed by atoms with Crippen molar-refractivity contribution in [1.82, 2.24) is 0 Å². The molecule has 0 aliphatic heterocycles. The maximum Gasteiger partial charge on any atom is 0.146 e. The Hall–Kier alpha value is -1.09. The van der Waals surface area contributed by atoms with Crippen molar-refractivity contribution in [3.05, 3.63) is 29.6 Å². The number of hydrogen-bond donors (Lipinski definition) is 1. The molecule has 0 aliphatic carbocycles. The van der Waals surface area contributed by atoms with Crippen LogP contribution in [-0.4, -0.2) is 18.7 Å². The molecular formula is C13H20FNO. The number of rotatable bonds is 4. The molecule has 0 aliphatic rings. The van der Waals surface area contributed by atoms with Gasteiger partial charge in [0.15, 0.2) is 0 Å². The first-order valence-corrected chi connectivity index (χ1v) is 5.61. The normalized spacial score (nSPS) is 12.9. The zero-order valence-electron chi connectivity index (χ0n) is 10.4. The van der Waals surface area contributed by atoms with E-state index in [1.807, 2.05) is 11.9 Å². The molecule has 1 aromatic rings. The van der Waals surface area contributed by atoms with Crippen LogP contribution in [0.15, 0.2) is 18.2 Å². The highest BCUT2D eigenvalue weighted by atomic mass is 19.1. The van der Waals surface area contributed by atoms with Crippen molar-refractivity contribution < 1.29 is 9.50 Å². The standard InChI is InChI=1S/C13H20FNO/c1-9(2)8-15(4)13-11(10(3)16)6-5-7-12(13)14/h5-7,9-10,16H,8H2,1-4H3. The van der Waals surface area contributed by atoms with Crippen LogP contribution in [0.4, 0.5) is 10.1 Å². The van der Waals surface area contributed by atoms with Gasteiger partial charge in [0.05, 0.1) is 11.8 Å². The van der Waals surface area contributed by atoms with E-state index in [2.05, 4.69) is 13.8 Å². The monoisotopic (exact) mass is 225 g/mol. The summed E-state index contributed by atoms with van der Waals surface area (Å²) in [6.07, 6.45) is -0.652. The first-order valence-electron chi connectivity index (χ1n) is 5.61. The highest BCUT2D eigenvalue weighted by Crippen LogP contribution is 2.28. The highest BCUT2D eigenvalue weighted by molar-refractivity contribution is 5.55. The zero-order chi connectivity index (χ0) is 12.3. The van der Waals surface area contributed by atoms with Gasteiger partial charge in [0.1, 0.15) is 5.82 Å². The van der Waals surface area contributed by atoms with Gasteiger partial charge >= 0.3 is 0 Å². The van der Waals surface area contributed by atoms with Crippen LogP contribution in [0.3, 0.4) is 0 Å². The number of para-hydroxylation sites is 1. The predicted molar refractivity (Wildman–Crippen MR) is 65.1 cm³/mol. The molecule has 16 heavy (non-hydrogen) atoms. The van der Waals surface area contributed by atoms with Gasteiger partial charge in [0, 0.05) is 19.2 Å². The second-order valence-electron chi connectivity index (χ2n) is 4.63. The van der Waals surface area contributed by atoms with Gasteiger partial charge in [-0.25, -0.2) is 4.39 Å². The summed E-state index contributed by atoms with van der Waals surface area (Å²) in [4.78, 5) is 1.86. The number of nitrogens with zero attached hydrogens (tertiary/aromatic N) is 1. The fraction of sp³-hybridized carbons (Fsp3) is 0.538. The molecule has 3 heteroatoms. The van der Waals surface area contributed by atoms with Crippen molar-refractivity contribution >= 4 is 5.69 Å². The van der Waals surface area contributed by atoms with Crippen LogP contribution >= 0.6 is 0 Å². The molecule has 90 valence electrons. The molecule has 0 saturated carbocycles. The lowest BCUT2D eigenvalue weighted by Crippen LogP contribution is -2.25. The number of anilines is 1. The van der Waals surface area contributed by atoms with Crippen molar-refractivity contribution in [3.8, 4) is 0 Å². The Morgan fingerprint density at radius 2 is 1.94 bits per heavy atom. The third-order valence-electron chi connectivity index (χ3n) is 2.49. The lowest BCUT2D eigenvalue weighted by molar-refractivity contribution is 0.199. The summed E-state index contributed by atoms with van der Waals surface area (Å²) < 4.78 is 13.8. The summed E-state index contributed by atoms with van der Waals surface area (Å²) in [5.74, 6) is 0.174. The molecule has 0 saturated heterocycles. The Kier molecular flexibility index (Phi) is 4.30. The molecule has 0 spiro atoms. The van der Waals surface area contributed by atoms with Gasteiger partial charge in [-0.15, -0.1) is 0 Å². The fourth-order valence-electron chi connectivity index (χ4n) is 1.91. The van der Waals surface area contributed by atoms with Gasteiger partial charge in [0.2, 0.25) is 0 Å². The van der Waals surface area contributed by atoms with E-state index < -0.39 is 6.10 Å². The molecule has 0 bridgehead atoms. The molecule has 1 atom stereocenters. The van der Waals surface area contributed by atoms with E-state index in [4.69, 9.17) is 0 Å². The average molecular weight is 225 g/mol. The Labute approximate surface area is 96.7 Å². The number of hydrogen-bond acceptors (Lipinski definition) is 2. The molecule has 0 aromatic heterocycles. The SMILES string of the molecule is CC(C)CN(C)c1c(F)cccc1C(C)O. The van der Waals surface area contributed by atoms with E-state index in [1.54, 1.807) is 19.1 Å². The van der Waals surface area contributed by atoms with Crippen molar-refractivity contribution in [2.24, 2.45) is 5.92 Å². The largest absolute Gasteiger partial charge is 0.389 e. The molecule has 0 radical (unpaired) electrons. The summed E-state index contributed by atoms with van der Waals surface area (Å²) in [7, 11) is 1.85. The van der Waals surface area contributed by atoms with E-state index in [-0.39, 0.29) is 5.82 Å². The molecule has 0 fully saturated rings. The molecule has 0 amide bonds. The van der Waals surface area contributed by atoms with Crippen molar-refractivity contribution in [2.45, 2.75) is 26.9 Å². The molecule has 2 nitrogen and oxygen atoms in total. The predicted octanol–water partition coefficient (Wildman–Crippen LogP) is 2.97. The number of aliphatic hydroxyl groups is 1. The lowest BCUT2D eigenvalue weighted by Gasteiger charge is -2.25. The number of halogens is 1. The molecular weight excluding hydrogens is 205 g/mol. The Bertz CT molecular complexity index is 350. The maximum absolute atomic E-state index is 13.8. The van der Waals surface area contributed by atoms with E-state index in [0.29, 0.717) is 17.2 Å². The Morgan fingerprint density at radius 1 is 1.31 bits per heavy atom. The molecule has 1 rings (SSSR count). The van der Waals surface area contributed by atoms with Crippen LogP contribution in [0.5, 0.6) is 0 Å². The first-order chi connectivity index (χ1) is 7.43. The van der Waals surface area contributed by atoms with Crippen LogP contribution in [0.2, 0.25) is 0 Å². The van der Waals surface area contributed by atoms with Gasteiger partial charge in [-0.2, -0.15) is 0 Å². The third-order valence-corrected chi connectivity index (χ3v) is 2.49. The second-order valence-corrected chi connectivity index (χ2v) is 4.63. The van der Waals surface area contributed by atoms with Gasteiger partial charge in [-0.05, 0) is 18.9 Å². The maximum atomic E-state index is 13.8. The van der Waals surface area contributed by atoms with Gasteiger partial charge < -0.3 is 10.0 Å². The zero-order valence-corrected chi connectivity index (χ0v) is 10.4. The van der Waals surface area contributed by atoms with Gasteiger partial charge in [-0.1, -0.05) is 26.0 Å². The van der Waals surface area contributed by atoms with Gasteiger partial charge in [-0.3, -0.25) is 0 Å². The van der Waals surface area contributed by atoms with Crippen LogP contribution in [-0.2, 0) is 0 Å². The van der Waals surface area contributed by atoms with E-state index >= 15 is 0 Å². The minimum Gasteiger partial charge on any atom is -0.389 e. The van der Waals surface area contributed by atoms with Crippen LogP contribution in [0.25, 0.3) is 0 Å². The number of aliphatic hydroxyl groups excluding tert-OH is 1. The first kappa shape index (κ1) is 13.0. The smallest absolute Gasteiger partial charge is 0.146 e. The lowest BCUT2D eigenvalue weighted by atomic mass is 10.1. The van der Waals surface area contributed by atoms with E-state index in [0.717, 1.165) is 6.54 Å². The summed E-state index contributed by atoms with van der Waals surface area (Å²) in [5.41, 5.74) is 1.15. The molecule has 1 N–H and O–H groups in total. The Balaban J connectivity index is 3.09. The summed E-state index contributed by atoms with van der Waals surface area (Å²) in [5, 5.41) is 9.62. The molecule has 1 aromatic carbocycles. The fourth-order valence-corrected chi connectivity index (χ4v) is 1.91. The highest BCUT2D eigenvalue weighted by Gasteiger charge is 2.16. The second kappa shape index (κ2) is 5.30. The Morgan fingerprint density at radius 3 is 2.44 bits per heavy atom. The average Bonchev–Trinajstić information content (AvgIpc) is 2.15. The minimum atomic E-state index is -0.652. The molecule has 1 unspecified atom stereocenters. The summed E-state index contributed by atoms with van der Waals surface area (Å²) >= 11 is 0. The summed E-state index contributed by atoms with van der Waals surface area (Å²) in [6.45, 7) is 6.58. The van der Waals surface area contributed by atoms with Crippen LogP contribution < -0.4 is 4.90 Å².